The van der Waals surface area contributed by atoms with Gasteiger partial charge in [0.2, 0.25) is 5.96 Å². The van der Waals surface area contributed by atoms with Crippen molar-refractivity contribution >= 4 is 5.96 Å². The minimum absolute atomic E-state index is 0.205. The maximum absolute atomic E-state index is 5.50. The lowest BCUT2D eigenvalue weighted by atomic mass is 9.85. The molecule has 0 heterocycles. The molecule has 0 spiro atoms. The summed E-state index contributed by atoms with van der Waals surface area (Å²) in [4.78, 5) is 4.66. The molecular formula is C13H28N4O. The van der Waals surface area contributed by atoms with Crippen LogP contribution in [-0.2, 0) is 4.74 Å². The normalized spacial score (nSPS) is 26.8. The first kappa shape index (κ1) is 15.2. The molecular weight excluding hydrogens is 228 g/mol. The van der Waals surface area contributed by atoms with Gasteiger partial charge in [-0.3, -0.25) is 5.43 Å². The van der Waals surface area contributed by atoms with Gasteiger partial charge in [0.05, 0.1) is 12.6 Å². The van der Waals surface area contributed by atoms with Crippen LogP contribution in [0.2, 0.25) is 0 Å². The average molecular weight is 256 g/mol. The Morgan fingerprint density at radius 3 is 2.56 bits per heavy atom. The highest BCUT2D eigenvalue weighted by Gasteiger charge is 2.20. The molecule has 1 rings (SSSR count). The molecule has 0 aromatic rings. The van der Waals surface area contributed by atoms with Gasteiger partial charge in [0.15, 0.2) is 0 Å². The lowest BCUT2D eigenvalue weighted by Gasteiger charge is -2.26. The Hall–Kier alpha value is -0.810. The number of nitrogens with two attached hydrogens (primary N) is 1. The lowest BCUT2D eigenvalue weighted by molar-refractivity contribution is 0.179. The first-order chi connectivity index (χ1) is 8.69. The standard InChI is InChI=1S/C13H28N4O/c1-4-11-5-7-12(8-6-11)16-13(17-14)15-10(2)9-18-3/h10-12H,4-9,14H2,1-3H3,(H2,15,16,17). The quantitative estimate of drug-likeness (QED) is 0.301. The maximum Gasteiger partial charge on any atom is 0.206 e. The number of hydrazine groups is 1. The van der Waals surface area contributed by atoms with Gasteiger partial charge in [0.1, 0.15) is 0 Å². The highest BCUT2D eigenvalue weighted by Crippen LogP contribution is 2.28. The molecule has 1 aliphatic rings. The number of aliphatic imine (C=N–C) groups is 1. The fourth-order valence-corrected chi connectivity index (χ4v) is 2.51. The highest BCUT2D eigenvalue weighted by atomic mass is 16.5. The van der Waals surface area contributed by atoms with Gasteiger partial charge in [-0.05, 0) is 38.5 Å². The summed E-state index contributed by atoms with van der Waals surface area (Å²) in [6.45, 7) is 4.96. The largest absolute Gasteiger partial charge is 0.383 e. The second-order valence-electron chi connectivity index (χ2n) is 5.21. The molecule has 0 radical (unpaired) electrons. The van der Waals surface area contributed by atoms with Gasteiger partial charge in [-0.1, -0.05) is 13.3 Å². The van der Waals surface area contributed by atoms with Crippen molar-refractivity contribution in [2.45, 2.75) is 58.0 Å². The van der Waals surface area contributed by atoms with Gasteiger partial charge in [-0.2, -0.15) is 0 Å². The van der Waals surface area contributed by atoms with E-state index in [2.05, 4.69) is 22.7 Å². The molecule has 5 nitrogen and oxygen atoms in total. The molecule has 0 bridgehead atoms. The molecule has 4 N–H and O–H groups in total. The fraction of sp³-hybridized carbons (Fsp3) is 0.923. The summed E-state index contributed by atoms with van der Waals surface area (Å²) in [5.74, 6) is 7.08. The number of guanidine groups is 1. The third kappa shape index (κ3) is 5.23. The average Bonchev–Trinajstić information content (AvgIpc) is 2.39. The van der Waals surface area contributed by atoms with Crippen LogP contribution in [0.5, 0.6) is 0 Å². The maximum atomic E-state index is 5.50. The van der Waals surface area contributed by atoms with E-state index in [-0.39, 0.29) is 6.04 Å². The Morgan fingerprint density at radius 2 is 2.06 bits per heavy atom. The number of rotatable bonds is 5. The van der Waals surface area contributed by atoms with E-state index in [0.717, 1.165) is 5.92 Å². The first-order valence-electron chi connectivity index (χ1n) is 6.99. The molecule has 1 atom stereocenters. The summed E-state index contributed by atoms with van der Waals surface area (Å²) in [6, 6.07) is 0.609. The van der Waals surface area contributed by atoms with Crippen LogP contribution in [0, 0.1) is 5.92 Å². The van der Waals surface area contributed by atoms with Crippen molar-refractivity contribution in [1.29, 1.82) is 0 Å². The molecule has 1 saturated carbocycles. The minimum Gasteiger partial charge on any atom is -0.383 e. The molecule has 0 aliphatic heterocycles. The molecule has 18 heavy (non-hydrogen) atoms. The second kappa shape index (κ2) is 8.32. The summed E-state index contributed by atoms with van der Waals surface area (Å²) < 4.78 is 5.08. The van der Waals surface area contributed by atoms with Crippen molar-refractivity contribution in [2.75, 3.05) is 13.7 Å². The fourth-order valence-electron chi connectivity index (χ4n) is 2.51. The molecule has 0 aromatic carbocycles. The van der Waals surface area contributed by atoms with Crippen LogP contribution in [0.3, 0.4) is 0 Å². The monoisotopic (exact) mass is 256 g/mol. The minimum atomic E-state index is 0.205. The van der Waals surface area contributed by atoms with E-state index in [1.165, 1.54) is 32.1 Å². The van der Waals surface area contributed by atoms with E-state index in [1.54, 1.807) is 7.11 Å². The van der Waals surface area contributed by atoms with Gasteiger partial charge >= 0.3 is 0 Å². The van der Waals surface area contributed by atoms with Crippen LogP contribution in [-0.4, -0.2) is 31.8 Å². The Kier molecular flexibility index (Phi) is 7.05. The van der Waals surface area contributed by atoms with Gasteiger partial charge in [-0.15, -0.1) is 0 Å². The van der Waals surface area contributed by atoms with Crippen molar-refractivity contribution in [3.63, 3.8) is 0 Å². The third-order valence-corrected chi connectivity index (χ3v) is 3.64. The van der Waals surface area contributed by atoms with Gasteiger partial charge in [0.25, 0.3) is 0 Å². The molecule has 106 valence electrons. The van der Waals surface area contributed by atoms with Gasteiger partial charge in [0, 0.05) is 13.2 Å². The Bertz CT molecular complexity index is 249. The van der Waals surface area contributed by atoms with Crippen molar-refractivity contribution in [3.05, 3.63) is 0 Å². The van der Waals surface area contributed by atoms with Crippen LogP contribution in [0.25, 0.3) is 0 Å². The van der Waals surface area contributed by atoms with Crippen LogP contribution < -0.4 is 16.6 Å². The van der Waals surface area contributed by atoms with E-state index in [4.69, 9.17) is 10.6 Å². The molecule has 0 saturated heterocycles. The first-order valence-corrected chi connectivity index (χ1v) is 6.99. The zero-order valence-corrected chi connectivity index (χ0v) is 11.9. The van der Waals surface area contributed by atoms with Crippen molar-refractivity contribution in [2.24, 2.45) is 16.8 Å². The van der Waals surface area contributed by atoms with E-state index in [0.29, 0.717) is 18.6 Å². The molecule has 1 unspecified atom stereocenters. The smallest absolute Gasteiger partial charge is 0.206 e. The number of hydrogen-bond donors (Lipinski definition) is 3. The van der Waals surface area contributed by atoms with E-state index < -0.39 is 0 Å². The van der Waals surface area contributed by atoms with Crippen LogP contribution in [0.15, 0.2) is 4.99 Å². The zero-order chi connectivity index (χ0) is 13.4. The van der Waals surface area contributed by atoms with E-state index in [1.807, 2.05) is 6.92 Å². The summed E-state index contributed by atoms with van der Waals surface area (Å²) in [5.41, 5.74) is 2.65. The predicted octanol–water partition coefficient (Wildman–Crippen LogP) is 1.40. The summed E-state index contributed by atoms with van der Waals surface area (Å²) >= 11 is 0. The van der Waals surface area contributed by atoms with E-state index >= 15 is 0 Å². The summed E-state index contributed by atoms with van der Waals surface area (Å²) in [5, 5.41) is 3.23. The lowest BCUT2D eigenvalue weighted by Crippen LogP contribution is -2.47. The van der Waals surface area contributed by atoms with Gasteiger partial charge < -0.3 is 10.1 Å². The SMILES string of the molecule is CCC1CCC(N=C(NN)NC(C)COC)CC1. The third-order valence-electron chi connectivity index (χ3n) is 3.64. The Labute approximate surface area is 111 Å². The second-order valence-corrected chi connectivity index (χ2v) is 5.21. The highest BCUT2D eigenvalue weighted by molar-refractivity contribution is 5.79. The van der Waals surface area contributed by atoms with Gasteiger partial charge in [-0.25, -0.2) is 10.8 Å². The number of nitrogens with zero attached hydrogens (tertiary/aromatic N) is 1. The predicted molar refractivity (Wildman–Crippen MR) is 75.3 cm³/mol. The number of nitrogens with one attached hydrogen (secondary N) is 2. The zero-order valence-electron chi connectivity index (χ0n) is 11.9. The Morgan fingerprint density at radius 1 is 1.39 bits per heavy atom. The molecule has 0 aromatic heterocycles. The topological polar surface area (TPSA) is 71.7 Å². The molecule has 5 heteroatoms. The summed E-state index contributed by atoms with van der Waals surface area (Å²) in [7, 11) is 1.69. The Balaban J connectivity index is 2.42. The van der Waals surface area contributed by atoms with E-state index in [9.17, 15) is 0 Å². The molecule has 1 aliphatic carbocycles. The molecule has 0 amide bonds. The van der Waals surface area contributed by atoms with Crippen molar-refractivity contribution in [3.8, 4) is 0 Å². The van der Waals surface area contributed by atoms with Crippen molar-refractivity contribution in [1.82, 2.24) is 10.7 Å². The van der Waals surface area contributed by atoms with Crippen LogP contribution in [0.4, 0.5) is 0 Å². The number of ether oxygens (including phenoxy) is 1. The summed E-state index contributed by atoms with van der Waals surface area (Å²) in [6.07, 6.45) is 6.21. The number of methoxy groups -OCH3 is 1. The van der Waals surface area contributed by atoms with Crippen LogP contribution >= 0.6 is 0 Å². The number of hydrogen-bond acceptors (Lipinski definition) is 3. The van der Waals surface area contributed by atoms with Crippen LogP contribution in [0.1, 0.15) is 46.0 Å². The molecule has 1 fully saturated rings. The van der Waals surface area contributed by atoms with Crippen molar-refractivity contribution < 1.29 is 4.74 Å².